The molecular formula is C30H31F3N2O2. The summed E-state index contributed by atoms with van der Waals surface area (Å²) in [6.07, 6.45) is 8.43. The molecule has 1 aliphatic rings. The van der Waals surface area contributed by atoms with E-state index in [2.05, 4.69) is 23.3 Å². The first-order valence-electron chi connectivity index (χ1n) is 12.1. The van der Waals surface area contributed by atoms with Crippen LogP contribution >= 0.6 is 0 Å². The fourth-order valence-electron chi connectivity index (χ4n) is 3.88. The van der Waals surface area contributed by atoms with Crippen molar-refractivity contribution in [2.24, 2.45) is 0 Å². The van der Waals surface area contributed by atoms with Crippen LogP contribution in [0.15, 0.2) is 91.2 Å². The summed E-state index contributed by atoms with van der Waals surface area (Å²) in [4.78, 5) is 0. The summed E-state index contributed by atoms with van der Waals surface area (Å²) in [6.45, 7) is 4.19. The first kappa shape index (κ1) is 27.7. The van der Waals surface area contributed by atoms with Gasteiger partial charge in [0.05, 0.1) is 24.5 Å². The number of fused-ring (bicyclic) bond motifs is 2. The SMILES string of the molecule is CC.CC(F)(F)F.COc1ccc2cc(C(O)c3ccc4c(cnn4C4=CCC=CC=C4)c3)ccc2c1. The van der Waals surface area contributed by atoms with E-state index in [0.717, 1.165) is 50.7 Å². The van der Waals surface area contributed by atoms with Crippen molar-refractivity contribution in [1.82, 2.24) is 9.78 Å². The molecule has 0 bridgehead atoms. The quantitative estimate of drug-likeness (QED) is 0.302. The number of aliphatic hydroxyl groups excluding tert-OH is 1. The predicted octanol–water partition coefficient (Wildman–Crippen LogP) is 8.23. The minimum absolute atomic E-state index is 0.188. The second-order valence-corrected chi connectivity index (χ2v) is 8.18. The Morgan fingerprint density at radius 1 is 0.919 bits per heavy atom. The molecule has 0 saturated heterocycles. The zero-order valence-corrected chi connectivity index (χ0v) is 21.3. The van der Waals surface area contributed by atoms with Gasteiger partial charge in [-0.25, -0.2) is 4.68 Å². The van der Waals surface area contributed by atoms with Crippen LogP contribution in [0.5, 0.6) is 5.75 Å². The van der Waals surface area contributed by atoms with Crippen LogP contribution in [-0.2, 0) is 0 Å². The van der Waals surface area contributed by atoms with Gasteiger partial charge < -0.3 is 9.84 Å². The summed E-state index contributed by atoms with van der Waals surface area (Å²) in [5.41, 5.74) is 3.78. The van der Waals surface area contributed by atoms with Crippen molar-refractivity contribution < 1.29 is 23.0 Å². The van der Waals surface area contributed by atoms with Gasteiger partial charge in [-0.2, -0.15) is 18.3 Å². The molecule has 0 fully saturated rings. The van der Waals surface area contributed by atoms with Crippen LogP contribution in [0.3, 0.4) is 0 Å². The summed E-state index contributed by atoms with van der Waals surface area (Å²) in [6, 6.07) is 18.0. The van der Waals surface area contributed by atoms with E-state index >= 15 is 0 Å². The van der Waals surface area contributed by atoms with Crippen molar-refractivity contribution in [3.05, 3.63) is 102 Å². The number of alkyl halides is 3. The largest absolute Gasteiger partial charge is 0.497 e. The van der Waals surface area contributed by atoms with Crippen LogP contribution in [0, 0.1) is 0 Å². The second-order valence-electron chi connectivity index (χ2n) is 8.18. The van der Waals surface area contributed by atoms with Gasteiger partial charge in [-0.3, -0.25) is 0 Å². The maximum atomic E-state index is 11.0. The van der Waals surface area contributed by atoms with Gasteiger partial charge >= 0.3 is 6.18 Å². The maximum absolute atomic E-state index is 11.0. The lowest BCUT2D eigenvalue weighted by atomic mass is 9.97. The number of rotatable bonds is 4. The Labute approximate surface area is 215 Å². The lowest BCUT2D eigenvalue weighted by molar-refractivity contribution is -0.110. The molecule has 0 saturated carbocycles. The van der Waals surface area contributed by atoms with Gasteiger partial charge in [-0.05, 0) is 64.7 Å². The third kappa shape index (κ3) is 7.33. The molecule has 4 nitrogen and oxygen atoms in total. The normalized spacial score (nSPS) is 13.7. The summed E-state index contributed by atoms with van der Waals surface area (Å²) in [5, 5.41) is 18.7. The number of allylic oxidation sites excluding steroid dienone is 6. The van der Waals surface area contributed by atoms with Gasteiger partial charge in [-0.15, -0.1) is 0 Å². The standard InChI is InChI=1S/C26H22N2O2.C2H3F3.C2H6/c1-30-24-12-10-18-14-20(9-8-19(18)16-24)26(29)21-11-13-25-22(15-21)17-27-28(25)23-6-4-2-3-5-7-23;1-2(3,4)5;1-2/h2-4,6-17,26,29H,5H2,1H3;1H3;1-2H3. The van der Waals surface area contributed by atoms with Gasteiger partial charge in [0.2, 0.25) is 0 Å². The van der Waals surface area contributed by atoms with Crippen molar-refractivity contribution in [2.75, 3.05) is 7.11 Å². The van der Waals surface area contributed by atoms with E-state index in [-0.39, 0.29) is 6.92 Å². The van der Waals surface area contributed by atoms with Gasteiger partial charge in [0.1, 0.15) is 11.9 Å². The molecule has 0 radical (unpaired) electrons. The molecule has 1 aliphatic carbocycles. The van der Waals surface area contributed by atoms with Gasteiger partial charge in [-0.1, -0.05) is 62.4 Å². The highest BCUT2D eigenvalue weighted by Gasteiger charge is 2.16. The number of hydrogen-bond donors (Lipinski definition) is 1. The second kappa shape index (κ2) is 12.4. The Morgan fingerprint density at radius 3 is 2.24 bits per heavy atom. The lowest BCUT2D eigenvalue weighted by Gasteiger charge is -2.13. The molecule has 1 unspecified atom stereocenters. The molecule has 5 rings (SSSR count). The summed E-state index contributed by atoms with van der Waals surface area (Å²) >= 11 is 0. The van der Waals surface area contributed by atoms with Crippen molar-refractivity contribution in [3.63, 3.8) is 0 Å². The molecule has 1 N–H and O–H groups in total. The number of methoxy groups -OCH3 is 1. The van der Waals surface area contributed by atoms with Crippen LogP contribution in [0.2, 0.25) is 0 Å². The highest BCUT2D eigenvalue weighted by Crippen LogP contribution is 2.30. The average molecular weight is 509 g/mol. The van der Waals surface area contributed by atoms with E-state index in [0.29, 0.717) is 0 Å². The van der Waals surface area contributed by atoms with Crippen LogP contribution in [0.1, 0.15) is 44.4 Å². The van der Waals surface area contributed by atoms with Crippen LogP contribution in [-0.4, -0.2) is 28.2 Å². The number of aliphatic hydroxyl groups is 1. The molecule has 1 atom stereocenters. The smallest absolute Gasteiger partial charge is 0.386 e. The highest BCUT2D eigenvalue weighted by molar-refractivity contribution is 5.86. The number of nitrogens with zero attached hydrogens (tertiary/aromatic N) is 2. The molecule has 3 aromatic carbocycles. The van der Waals surface area contributed by atoms with Gasteiger partial charge in [0.15, 0.2) is 0 Å². The highest BCUT2D eigenvalue weighted by atomic mass is 19.4. The monoisotopic (exact) mass is 508 g/mol. The first-order valence-corrected chi connectivity index (χ1v) is 12.1. The average Bonchev–Trinajstić information content (AvgIpc) is 3.12. The summed E-state index contributed by atoms with van der Waals surface area (Å²) in [7, 11) is 1.66. The molecule has 0 amide bonds. The fraction of sp³-hybridized carbons (Fsp3) is 0.233. The molecule has 37 heavy (non-hydrogen) atoms. The van der Waals surface area contributed by atoms with E-state index < -0.39 is 12.3 Å². The predicted molar refractivity (Wildman–Crippen MR) is 145 cm³/mol. The van der Waals surface area contributed by atoms with Crippen molar-refractivity contribution in [3.8, 4) is 5.75 Å². The van der Waals surface area contributed by atoms with E-state index in [1.807, 2.05) is 91.5 Å². The Kier molecular flexibility index (Phi) is 9.31. The van der Waals surface area contributed by atoms with E-state index in [4.69, 9.17) is 4.74 Å². The van der Waals surface area contributed by atoms with Gasteiger partial charge in [0.25, 0.3) is 0 Å². The zero-order chi connectivity index (χ0) is 27.0. The lowest BCUT2D eigenvalue weighted by Crippen LogP contribution is -2.00. The molecule has 4 aromatic rings. The topological polar surface area (TPSA) is 47.3 Å². The first-order chi connectivity index (χ1) is 17.7. The minimum atomic E-state index is -4.00. The Hall–Kier alpha value is -3.84. The number of halogens is 3. The van der Waals surface area contributed by atoms with Gasteiger partial charge in [0, 0.05) is 12.3 Å². The third-order valence-corrected chi connectivity index (χ3v) is 5.52. The summed E-state index contributed by atoms with van der Waals surface area (Å²) < 4.78 is 38.3. The van der Waals surface area contributed by atoms with Crippen molar-refractivity contribution in [1.29, 1.82) is 0 Å². The number of ether oxygens (including phenoxy) is 1. The third-order valence-electron chi connectivity index (χ3n) is 5.52. The van der Waals surface area contributed by atoms with E-state index in [1.165, 1.54) is 0 Å². The summed E-state index contributed by atoms with van der Waals surface area (Å²) in [5.74, 6) is 0.827. The molecule has 7 heteroatoms. The number of hydrogen-bond acceptors (Lipinski definition) is 3. The molecule has 194 valence electrons. The van der Waals surface area contributed by atoms with Crippen LogP contribution < -0.4 is 4.74 Å². The minimum Gasteiger partial charge on any atom is -0.497 e. The molecule has 0 spiro atoms. The maximum Gasteiger partial charge on any atom is 0.386 e. The Bertz CT molecular complexity index is 1430. The molecule has 1 aromatic heterocycles. The van der Waals surface area contributed by atoms with E-state index in [9.17, 15) is 18.3 Å². The van der Waals surface area contributed by atoms with Crippen molar-refractivity contribution in [2.45, 2.75) is 39.5 Å². The van der Waals surface area contributed by atoms with Crippen molar-refractivity contribution >= 4 is 27.4 Å². The number of aromatic nitrogens is 2. The van der Waals surface area contributed by atoms with Crippen LogP contribution in [0.4, 0.5) is 13.2 Å². The molecule has 0 aliphatic heterocycles. The van der Waals surface area contributed by atoms with Crippen LogP contribution in [0.25, 0.3) is 27.4 Å². The number of benzene rings is 3. The Morgan fingerprint density at radius 2 is 1.54 bits per heavy atom. The molecular weight excluding hydrogens is 477 g/mol. The van der Waals surface area contributed by atoms with E-state index in [1.54, 1.807) is 7.11 Å². The fourth-order valence-corrected chi connectivity index (χ4v) is 3.88. The Balaban J connectivity index is 0.000000489. The molecule has 1 heterocycles. The zero-order valence-electron chi connectivity index (χ0n) is 21.3.